The Morgan fingerprint density at radius 2 is 1.73 bits per heavy atom. The fraction of sp³-hybridized carbons (Fsp3) is 0.340. The zero-order chi connectivity index (χ0) is 54.6. The molecule has 1 saturated carbocycles. The van der Waals surface area contributed by atoms with Gasteiger partial charge in [-0.1, -0.05) is 28.4 Å². The van der Waals surface area contributed by atoms with Gasteiger partial charge < -0.3 is 40.0 Å². The van der Waals surface area contributed by atoms with Crippen LogP contribution in [0.5, 0.6) is 5.75 Å². The molecular weight excluding hydrogens is 1070 g/mol. The third-order valence-electron chi connectivity index (χ3n) is 13.5. The van der Waals surface area contributed by atoms with Gasteiger partial charge in [0.2, 0.25) is 17.7 Å². The number of amides is 5. The Kier molecular flexibility index (Phi) is 14.6. The maximum atomic E-state index is 14.6. The van der Waals surface area contributed by atoms with Crippen LogP contribution >= 0.6 is 23.2 Å². The zero-order valence-electron chi connectivity index (χ0n) is 40.0. The average molecular weight is 1110 g/mol. The second-order valence-corrected chi connectivity index (χ2v) is 19.5. The Morgan fingerprint density at radius 1 is 0.987 bits per heavy atom. The van der Waals surface area contributed by atoms with Gasteiger partial charge in [-0.25, -0.2) is 23.1 Å². The number of aryl methyl sites for hydroxylation is 1. The number of carbonyl (C=O) groups is 5. The number of rotatable bonds is 14. The molecule has 2 aromatic heterocycles. The number of piperidine rings is 1. The molecule has 1 unspecified atom stereocenters. The summed E-state index contributed by atoms with van der Waals surface area (Å²) in [7, 11) is 0. The summed E-state index contributed by atoms with van der Waals surface area (Å²) in [6.07, 6.45) is -9.45. The van der Waals surface area contributed by atoms with Crippen LogP contribution in [-0.4, -0.2) is 124 Å². The van der Waals surface area contributed by atoms with Crippen molar-refractivity contribution in [3.05, 3.63) is 135 Å². The fourth-order valence-corrected chi connectivity index (χ4v) is 9.99. The van der Waals surface area contributed by atoms with E-state index in [9.17, 15) is 56.1 Å². The van der Waals surface area contributed by atoms with Crippen molar-refractivity contribution in [2.24, 2.45) is 0 Å². The molecular formula is C50H43Cl2F5N10O10. The first-order chi connectivity index (χ1) is 36.7. The van der Waals surface area contributed by atoms with Crippen molar-refractivity contribution in [1.29, 1.82) is 0 Å². The highest BCUT2D eigenvalue weighted by Crippen LogP contribution is 2.43. The van der Waals surface area contributed by atoms with Crippen LogP contribution in [0.15, 0.2) is 79.0 Å². The summed E-state index contributed by atoms with van der Waals surface area (Å²) in [6.45, 7) is -0.0572. The summed E-state index contributed by atoms with van der Waals surface area (Å²) >= 11 is 11.9. The van der Waals surface area contributed by atoms with Crippen molar-refractivity contribution >= 4 is 58.4 Å². The van der Waals surface area contributed by atoms with Crippen LogP contribution in [0.25, 0.3) is 16.9 Å². The number of hydrogen-bond donors (Lipinski definition) is 5. The predicted molar refractivity (Wildman–Crippen MR) is 258 cm³/mol. The topological polar surface area (TPSA) is 254 Å². The number of aliphatic hydroxyl groups is 2. The van der Waals surface area contributed by atoms with E-state index in [4.69, 9.17) is 37.4 Å². The number of imide groups is 1. The first-order valence-electron chi connectivity index (χ1n) is 23.8. The third-order valence-corrected chi connectivity index (χ3v) is 14.1. The van der Waals surface area contributed by atoms with Crippen LogP contribution in [0, 0.1) is 18.6 Å². The first kappa shape index (κ1) is 53.0. The largest absolute Gasteiger partial charge is 0.490 e. The molecule has 5 amide bonds. The van der Waals surface area contributed by atoms with Crippen LogP contribution in [0.3, 0.4) is 0 Å². The van der Waals surface area contributed by atoms with Crippen molar-refractivity contribution in [2.45, 2.75) is 94.0 Å². The van der Waals surface area contributed by atoms with Gasteiger partial charge in [-0.2, -0.15) is 18.3 Å². The second kappa shape index (κ2) is 21.2. The standard InChI is InChI=1S/C50H43Cl2F5N10O10/c1-22-58-46(67(63-22)37-15-26(51)4-9-32(37)50(55,56)57)45-44(42(43(71)38(20-68)77-45)66-19-35(62-64-66)24-13-33(53)41(52)34(54)14-24)75-21-40(70)59-28-16-30(17-28)76-29-6-2-23(3-7-29)47(72)60-27-5-8-31-25(12-27)18-65(49(31)74)36-10-11-39(69)61-48(36)73/h2-9,12-15,19,28,30,36,38,42-45,68,71H,10-11,16-18,20-21H2,1H3,(H,59,70)(H,60,72)(H,61,69,73)/t28-,30+,36?,38-,42+,43+,44-,45-/m1/s1. The van der Waals surface area contributed by atoms with Crippen molar-refractivity contribution in [2.75, 3.05) is 18.5 Å². The lowest BCUT2D eigenvalue weighted by molar-refractivity contribution is -0.223. The molecule has 4 aromatic carbocycles. The van der Waals surface area contributed by atoms with Gasteiger partial charge in [0.25, 0.3) is 11.8 Å². The minimum atomic E-state index is -4.91. The predicted octanol–water partition coefficient (Wildman–Crippen LogP) is 5.60. The summed E-state index contributed by atoms with van der Waals surface area (Å²) in [4.78, 5) is 69.8. The number of carbonyl (C=O) groups excluding carboxylic acids is 5. The van der Waals surface area contributed by atoms with E-state index in [2.05, 4.69) is 36.3 Å². The number of anilines is 1. The Balaban J connectivity index is 0.806. The Labute approximate surface area is 442 Å². The minimum absolute atomic E-state index is 0.0375. The number of alkyl halides is 3. The smallest absolute Gasteiger partial charge is 0.418 e. The molecule has 2 saturated heterocycles. The lowest BCUT2D eigenvalue weighted by Crippen LogP contribution is -2.55. The molecule has 27 heteroatoms. The lowest BCUT2D eigenvalue weighted by Gasteiger charge is -2.43. The van der Waals surface area contributed by atoms with E-state index in [1.807, 2.05) is 0 Å². The highest BCUT2D eigenvalue weighted by Gasteiger charge is 2.51. The van der Waals surface area contributed by atoms with Gasteiger partial charge in [0.05, 0.1) is 24.1 Å². The molecule has 0 radical (unpaired) electrons. The first-order valence-corrected chi connectivity index (χ1v) is 24.6. The number of aromatic nitrogens is 6. The average Bonchev–Trinajstić information content (AvgIpc) is 4.18. The number of benzene rings is 4. The van der Waals surface area contributed by atoms with Crippen molar-refractivity contribution < 1.29 is 70.3 Å². The van der Waals surface area contributed by atoms with E-state index >= 15 is 0 Å². The summed E-state index contributed by atoms with van der Waals surface area (Å²) in [5, 5.41) is 41.6. The third kappa shape index (κ3) is 10.8. The van der Waals surface area contributed by atoms with E-state index in [0.29, 0.717) is 41.0 Å². The molecule has 402 valence electrons. The van der Waals surface area contributed by atoms with Gasteiger partial charge in [-0.05, 0) is 91.7 Å². The fourth-order valence-electron chi connectivity index (χ4n) is 9.72. The summed E-state index contributed by atoms with van der Waals surface area (Å²) in [6, 6.07) is 13.1. The molecule has 3 fully saturated rings. The van der Waals surface area contributed by atoms with E-state index in [0.717, 1.165) is 39.7 Å². The second-order valence-electron chi connectivity index (χ2n) is 18.7. The summed E-state index contributed by atoms with van der Waals surface area (Å²) < 4.78 is 92.9. The Morgan fingerprint density at radius 3 is 2.43 bits per heavy atom. The SMILES string of the molecule is Cc1nc([C@@H]2O[C@H](CO)[C@H](O)[C@H](n3cc(-c4cc(F)c(Cl)c(F)c4)nn3)[C@H]2OCC(=O)N[C@H]2C[C@@H](Oc3ccc(C(=O)Nc4ccc5c(c4)CN(C4CCC(=O)NC4=O)C5=O)cc3)C2)n(-c2cc(Cl)ccc2C(F)(F)F)n1. The normalized spacial score (nSPS) is 23.3. The number of ether oxygens (including phenoxy) is 3. The van der Waals surface area contributed by atoms with Gasteiger partial charge in [0.1, 0.15) is 83.1 Å². The van der Waals surface area contributed by atoms with Gasteiger partial charge in [0.15, 0.2) is 5.82 Å². The molecule has 20 nitrogen and oxygen atoms in total. The van der Waals surface area contributed by atoms with Gasteiger partial charge >= 0.3 is 6.18 Å². The van der Waals surface area contributed by atoms with E-state index in [1.165, 1.54) is 18.0 Å². The summed E-state index contributed by atoms with van der Waals surface area (Å²) in [5.41, 5.74) is -0.202. The Hall–Kier alpha value is -7.42. The molecule has 6 atom stereocenters. The number of fused-ring (bicyclic) bond motifs is 1. The molecule has 4 aliphatic rings. The van der Waals surface area contributed by atoms with Crippen molar-refractivity contribution in [3.63, 3.8) is 0 Å². The van der Waals surface area contributed by atoms with Crippen LogP contribution < -0.4 is 20.7 Å². The monoisotopic (exact) mass is 1110 g/mol. The molecule has 5 heterocycles. The highest BCUT2D eigenvalue weighted by molar-refractivity contribution is 6.31. The van der Waals surface area contributed by atoms with Crippen LogP contribution in [0.2, 0.25) is 10.0 Å². The highest BCUT2D eigenvalue weighted by atomic mass is 35.5. The van der Waals surface area contributed by atoms with Gasteiger partial charge in [-0.3, -0.25) is 29.3 Å². The Bertz CT molecular complexity index is 3300. The molecule has 3 aliphatic heterocycles. The van der Waals surface area contributed by atoms with E-state index in [1.54, 1.807) is 42.5 Å². The molecule has 10 rings (SSSR count). The van der Waals surface area contributed by atoms with Gasteiger partial charge in [-0.15, -0.1) is 5.10 Å². The zero-order valence-corrected chi connectivity index (χ0v) is 41.5. The quantitative estimate of drug-likeness (QED) is 0.0506. The van der Waals surface area contributed by atoms with Crippen molar-refractivity contribution in [1.82, 2.24) is 45.3 Å². The van der Waals surface area contributed by atoms with Crippen molar-refractivity contribution in [3.8, 4) is 22.7 Å². The number of halogens is 7. The number of nitrogens with zero attached hydrogens (tertiary/aromatic N) is 7. The maximum Gasteiger partial charge on any atom is 0.418 e. The van der Waals surface area contributed by atoms with Gasteiger partial charge in [0, 0.05) is 59.2 Å². The molecule has 6 aromatic rings. The number of aliphatic hydroxyl groups excluding tert-OH is 2. The molecule has 0 bridgehead atoms. The number of nitrogens with one attached hydrogen (secondary N) is 3. The minimum Gasteiger partial charge on any atom is -0.490 e. The molecule has 1 aliphatic carbocycles. The number of hydrogen-bond acceptors (Lipinski definition) is 14. The maximum absolute atomic E-state index is 14.6. The lowest BCUT2D eigenvalue weighted by atomic mass is 9.89. The van der Waals surface area contributed by atoms with Crippen LogP contribution in [0.4, 0.5) is 27.6 Å². The molecule has 0 spiro atoms. The molecule has 77 heavy (non-hydrogen) atoms. The van der Waals surface area contributed by atoms with Crippen LogP contribution in [-0.2, 0) is 36.6 Å². The van der Waals surface area contributed by atoms with Crippen LogP contribution in [0.1, 0.15) is 81.3 Å². The van der Waals surface area contributed by atoms with E-state index < -0.39 is 113 Å². The van der Waals surface area contributed by atoms with E-state index in [-0.39, 0.29) is 59.3 Å². The molecule has 5 N–H and O–H groups in total. The summed E-state index contributed by atoms with van der Waals surface area (Å²) in [5.74, 6) is -4.50.